The molecule has 2 aromatic rings. The Morgan fingerprint density at radius 1 is 1.44 bits per heavy atom. The number of rotatable bonds is 2. The zero-order valence-electron chi connectivity index (χ0n) is 9.25. The van der Waals surface area contributed by atoms with Crippen LogP contribution in [0.4, 0.5) is 10.2 Å². The predicted molar refractivity (Wildman–Crippen MR) is 60.4 cm³/mol. The Balaban J connectivity index is 2.58. The van der Waals surface area contributed by atoms with E-state index >= 15 is 0 Å². The van der Waals surface area contributed by atoms with E-state index in [9.17, 15) is 4.39 Å². The second kappa shape index (κ2) is 3.96. The van der Waals surface area contributed by atoms with Crippen LogP contribution in [0.3, 0.4) is 0 Å². The molecule has 0 unspecified atom stereocenters. The molecule has 0 radical (unpaired) electrons. The number of halogens is 1. The molecule has 84 valence electrons. The quantitative estimate of drug-likeness (QED) is 0.846. The minimum atomic E-state index is -0.314. The molecule has 3 nitrogen and oxygen atoms in total. The smallest absolute Gasteiger partial charge is 0.175 e. The van der Waals surface area contributed by atoms with Crippen LogP contribution >= 0.6 is 0 Å². The molecular formula is C12H13FN2O. The first-order valence-electron chi connectivity index (χ1n) is 5.14. The molecule has 16 heavy (non-hydrogen) atoms. The van der Waals surface area contributed by atoms with Gasteiger partial charge in [-0.05, 0) is 31.0 Å². The van der Waals surface area contributed by atoms with Gasteiger partial charge >= 0.3 is 0 Å². The van der Waals surface area contributed by atoms with Crippen LogP contribution in [0.5, 0.6) is 0 Å². The van der Waals surface area contributed by atoms with E-state index in [0.717, 1.165) is 11.1 Å². The SMILES string of the molecule is CCc1c(N)noc1-c1ccc(C)cc1F. The fourth-order valence-corrected chi connectivity index (χ4v) is 1.68. The third-order valence-electron chi connectivity index (χ3n) is 2.54. The van der Waals surface area contributed by atoms with Gasteiger partial charge in [-0.2, -0.15) is 0 Å². The van der Waals surface area contributed by atoms with Gasteiger partial charge in [-0.25, -0.2) is 4.39 Å². The van der Waals surface area contributed by atoms with Gasteiger partial charge in [0.2, 0.25) is 0 Å². The standard InChI is InChI=1S/C12H13FN2O/c1-3-8-11(16-15-12(8)14)9-5-4-7(2)6-10(9)13/h4-6H,3H2,1-2H3,(H2,14,15). The molecule has 0 amide bonds. The number of benzene rings is 1. The lowest BCUT2D eigenvalue weighted by molar-refractivity contribution is 0.432. The summed E-state index contributed by atoms with van der Waals surface area (Å²) in [6.07, 6.45) is 0.665. The van der Waals surface area contributed by atoms with Crippen LogP contribution in [0.1, 0.15) is 18.1 Å². The van der Waals surface area contributed by atoms with E-state index in [-0.39, 0.29) is 5.82 Å². The minimum absolute atomic E-state index is 0.314. The van der Waals surface area contributed by atoms with Crippen molar-refractivity contribution in [3.63, 3.8) is 0 Å². The summed E-state index contributed by atoms with van der Waals surface area (Å²) in [5.74, 6) is 0.445. The summed E-state index contributed by atoms with van der Waals surface area (Å²) in [4.78, 5) is 0. The molecule has 0 aliphatic carbocycles. The summed E-state index contributed by atoms with van der Waals surface area (Å²) in [5.41, 5.74) is 7.67. The third kappa shape index (κ3) is 1.66. The molecule has 0 aliphatic rings. The monoisotopic (exact) mass is 220 g/mol. The number of hydrogen-bond donors (Lipinski definition) is 1. The van der Waals surface area contributed by atoms with Crippen LogP contribution in [0, 0.1) is 12.7 Å². The molecule has 1 aromatic heterocycles. The number of hydrogen-bond acceptors (Lipinski definition) is 3. The van der Waals surface area contributed by atoms with Gasteiger partial charge in [-0.1, -0.05) is 18.1 Å². The van der Waals surface area contributed by atoms with Crippen LogP contribution in [-0.4, -0.2) is 5.16 Å². The molecule has 0 fully saturated rings. The average Bonchev–Trinajstić information content (AvgIpc) is 2.59. The Bertz CT molecular complexity index is 520. The molecule has 2 N–H and O–H groups in total. The number of anilines is 1. The number of aromatic nitrogens is 1. The first-order chi connectivity index (χ1) is 7.63. The fourth-order valence-electron chi connectivity index (χ4n) is 1.68. The summed E-state index contributed by atoms with van der Waals surface area (Å²) in [6, 6.07) is 4.98. The van der Waals surface area contributed by atoms with E-state index < -0.39 is 0 Å². The molecule has 0 saturated heterocycles. The first-order valence-corrected chi connectivity index (χ1v) is 5.14. The molecule has 0 aliphatic heterocycles. The van der Waals surface area contributed by atoms with Gasteiger partial charge in [0.25, 0.3) is 0 Å². The van der Waals surface area contributed by atoms with Crippen molar-refractivity contribution in [3.8, 4) is 11.3 Å². The largest absolute Gasteiger partial charge is 0.381 e. The summed E-state index contributed by atoms with van der Waals surface area (Å²) >= 11 is 0. The zero-order chi connectivity index (χ0) is 11.7. The van der Waals surface area contributed by atoms with E-state index in [2.05, 4.69) is 5.16 Å². The Labute approximate surface area is 93.1 Å². The summed E-state index contributed by atoms with van der Waals surface area (Å²) in [7, 11) is 0. The summed E-state index contributed by atoms with van der Waals surface area (Å²) in [5, 5.41) is 3.66. The molecule has 4 heteroatoms. The van der Waals surface area contributed by atoms with Crippen LogP contribution in [0.25, 0.3) is 11.3 Å². The van der Waals surface area contributed by atoms with Gasteiger partial charge in [0, 0.05) is 5.56 Å². The van der Waals surface area contributed by atoms with E-state index in [1.54, 1.807) is 6.07 Å². The maximum atomic E-state index is 13.7. The number of nitrogen functional groups attached to an aromatic ring is 1. The number of nitrogens with two attached hydrogens (primary N) is 1. The second-order valence-corrected chi connectivity index (χ2v) is 3.71. The van der Waals surface area contributed by atoms with Crippen molar-refractivity contribution >= 4 is 5.82 Å². The average molecular weight is 220 g/mol. The zero-order valence-corrected chi connectivity index (χ0v) is 9.25. The molecule has 0 saturated carbocycles. The fraction of sp³-hybridized carbons (Fsp3) is 0.250. The van der Waals surface area contributed by atoms with E-state index in [4.69, 9.17) is 10.3 Å². The Kier molecular flexibility index (Phi) is 2.64. The normalized spacial score (nSPS) is 10.7. The van der Waals surface area contributed by atoms with E-state index in [1.165, 1.54) is 6.07 Å². The lowest BCUT2D eigenvalue weighted by Gasteiger charge is -2.02. The van der Waals surface area contributed by atoms with Crippen LogP contribution in [0.15, 0.2) is 22.7 Å². The van der Waals surface area contributed by atoms with Crippen LogP contribution in [-0.2, 0) is 6.42 Å². The number of nitrogens with zero attached hydrogens (tertiary/aromatic N) is 1. The van der Waals surface area contributed by atoms with Crippen LogP contribution in [0.2, 0.25) is 0 Å². The van der Waals surface area contributed by atoms with Gasteiger partial charge in [0.15, 0.2) is 11.6 Å². The van der Waals surface area contributed by atoms with Gasteiger partial charge in [-0.15, -0.1) is 0 Å². The molecule has 0 atom stereocenters. The molecule has 0 bridgehead atoms. The first kappa shape index (κ1) is 10.7. The van der Waals surface area contributed by atoms with Crippen molar-refractivity contribution in [1.29, 1.82) is 0 Å². The van der Waals surface area contributed by atoms with Crippen molar-refractivity contribution in [2.75, 3.05) is 5.73 Å². The maximum Gasteiger partial charge on any atom is 0.175 e. The minimum Gasteiger partial charge on any atom is -0.381 e. The molecular weight excluding hydrogens is 207 g/mol. The van der Waals surface area contributed by atoms with Crippen molar-refractivity contribution in [2.24, 2.45) is 0 Å². The second-order valence-electron chi connectivity index (χ2n) is 3.71. The highest BCUT2D eigenvalue weighted by atomic mass is 19.1. The van der Waals surface area contributed by atoms with Gasteiger partial charge in [0.1, 0.15) is 5.82 Å². The topological polar surface area (TPSA) is 52.0 Å². The highest BCUT2D eigenvalue weighted by molar-refractivity contribution is 5.66. The summed E-state index contributed by atoms with van der Waals surface area (Å²) < 4.78 is 18.8. The molecule has 2 rings (SSSR count). The highest BCUT2D eigenvalue weighted by Gasteiger charge is 2.17. The van der Waals surface area contributed by atoms with Gasteiger partial charge in [0.05, 0.1) is 5.56 Å². The maximum absolute atomic E-state index is 13.7. The third-order valence-corrected chi connectivity index (χ3v) is 2.54. The van der Waals surface area contributed by atoms with Crippen molar-refractivity contribution in [3.05, 3.63) is 35.1 Å². The van der Waals surface area contributed by atoms with Crippen molar-refractivity contribution in [2.45, 2.75) is 20.3 Å². The van der Waals surface area contributed by atoms with Crippen LogP contribution < -0.4 is 5.73 Å². The molecule has 0 spiro atoms. The van der Waals surface area contributed by atoms with Gasteiger partial charge in [-0.3, -0.25) is 0 Å². The Morgan fingerprint density at radius 2 is 2.19 bits per heavy atom. The van der Waals surface area contributed by atoms with Crippen molar-refractivity contribution < 1.29 is 8.91 Å². The van der Waals surface area contributed by atoms with Gasteiger partial charge < -0.3 is 10.3 Å². The molecule has 1 heterocycles. The highest BCUT2D eigenvalue weighted by Crippen LogP contribution is 2.30. The van der Waals surface area contributed by atoms with E-state index in [0.29, 0.717) is 23.6 Å². The lowest BCUT2D eigenvalue weighted by Crippen LogP contribution is -1.92. The molecule has 1 aromatic carbocycles. The van der Waals surface area contributed by atoms with E-state index in [1.807, 2.05) is 19.9 Å². The Morgan fingerprint density at radius 3 is 2.81 bits per heavy atom. The Hall–Kier alpha value is -1.84. The number of aryl methyl sites for hydroxylation is 1. The summed E-state index contributed by atoms with van der Waals surface area (Å²) in [6.45, 7) is 3.76. The lowest BCUT2D eigenvalue weighted by atomic mass is 10.0. The van der Waals surface area contributed by atoms with Crippen molar-refractivity contribution in [1.82, 2.24) is 5.16 Å². The predicted octanol–water partition coefficient (Wildman–Crippen LogP) is 2.93.